The molecule has 0 spiro atoms. The molecule has 0 aliphatic carbocycles. The molecule has 1 fully saturated rings. The fraction of sp³-hybridized carbons (Fsp3) is 0.400. The van der Waals surface area contributed by atoms with E-state index in [1.54, 1.807) is 43.9 Å². The van der Waals surface area contributed by atoms with E-state index in [4.69, 9.17) is 9.47 Å². The highest BCUT2D eigenvalue weighted by Gasteiger charge is 2.35. The predicted octanol–water partition coefficient (Wildman–Crippen LogP) is 4.62. The molecule has 0 radical (unpaired) electrons. The molecule has 0 unspecified atom stereocenters. The molecular formula is C30H31F3N4O5S. The van der Waals surface area contributed by atoms with Crippen molar-refractivity contribution >= 4 is 29.2 Å². The number of alkyl halides is 3. The zero-order valence-electron chi connectivity index (χ0n) is 24.1. The minimum Gasteiger partial charge on any atom is -0.497 e. The van der Waals surface area contributed by atoms with Gasteiger partial charge in [0, 0.05) is 31.1 Å². The second-order valence-electron chi connectivity index (χ2n) is 11.4. The molecule has 3 heterocycles. The highest BCUT2D eigenvalue weighted by Crippen LogP contribution is 2.39. The highest BCUT2D eigenvalue weighted by atomic mass is 32.1. The normalized spacial score (nSPS) is 16.1. The smallest absolute Gasteiger partial charge is 0.416 e. The lowest BCUT2D eigenvalue weighted by atomic mass is 9.96. The summed E-state index contributed by atoms with van der Waals surface area (Å²) >= 11 is 0.778. The van der Waals surface area contributed by atoms with Crippen LogP contribution < -0.4 is 20.2 Å². The molecule has 0 bridgehead atoms. The summed E-state index contributed by atoms with van der Waals surface area (Å²) in [6.45, 7) is 5.98. The number of carbonyl (C=O) groups is 1. The first kappa shape index (κ1) is 30.3. The van der Waals surface area contributed by atoms with Crippen LogP contribution in [-0.2, 0) is 17.3 Å². The van der Waals surface area contributed by atoms with E-state index < -0.39 is 34.3 Å². The first-order chi connectivity index (χ1) is 20.2. The van der Waals surface area contributed by atoms with Crippen molar-refractivity contribution in [2.75, 3.05) is 20.2 Å². The summed E-state index contributed by atoms with van der Waals surface area (Å²) in [5, 5.41) is 20.5. The fourth-order valence-electron chi connectivity index (χ4n) is 5.22. The van der Waals surface area contributed by atoms with Crippen molar-refractivity contribution in [1.29, 1.82) is 0 Å². The summed E-state index contributed by atoms with van der Waals surface area (Å²) in [4.78, 5) is 27.1. The van der Waals surface area contributed by atoms with Crippen molar-refractivity contribution in [2.45, 2.75) is 57.9 Å². The Labute approximate surface area is 249 Å². The molecule has 2 aliphatic rings. The minimum atomic E-state index is -4.67. The van der Waals surface area contributed by atoms with Gasteiger partial charge in [0.25, 0.3) is 0 Å². The van der Waals surface area contributed by atoms with E-state index in [0.717, 1.165) is 17.4 Å². The minimum absolute atomic E-state index is 0.0420. The van der Waals surface area contributed by atoms with E-state index in [1.807, 2.05) is 0 Å². The molecule has 0 saturated carbocycles. The summed E-state index contributed by atoms with van der Waals surface area (Å²) in [6.07, 6.45) is -3.01. The van der Waals surface area contributed by atoms with E-state index in [0.29, 0.717) is 47.6 Å². The largest absolute Gasteiger partial charge is 0.497 e. The third kappa shape index (κ3) is 6.46. The number of hydrogen-bond acceptors (Lipinski definition) is 8. The Hall–Kier alpha value is -4.13. The van der Waals surface area contributed by atoms with Gasteiger partial charge in [-0.15, -0.1) is 0 Å². The Bertz CT molecular complexity index is 1760. The second-order valence-corrected chi connectivity index (χ2v) is 12.3. The number of amides is 1. The quantitative estimate of drug-likeness (QED) is 0.451. The molecule has 1 N–H and O–H groups in total. The van der Waals surface area contributed by atoms with Crippen molar-refractivity contribution in [3.63, 3.8) is 0 Å². The first-order valence-electron chi connectivity index (χ1n) is 13.7. The standard InChI is InChI=1S/C30H31F3N4O5S/c1-29(2,3)42-27(39)36-11-9-20(10-12-36)37-26(38)25(43-28(37)40)22(17-6-8-24-19(13-17)16-34-35-24)14-18-5-7-21(41-4)15-23(18)30(31,32)33/h5-8,13,15-16,20,38H,9-12,14H2,1-4H3. The van der Waals surface area contributed by atoms with Crippen LogP contribution in [0.2, 0.25) is 0 Å². The molecule has 13 heteroatoms. The maximum Gasteiger partial charge on any atom is 0.416 e. The molecule has 43 heavy (non-hydrogen) atoms. The average molecular weight is 617 g/mol. The third-order valence-corrected chi connectivity index (χ3v) is 8.31. The van der Waals surface area contributed by atoms with Crippen LogP contribution in [0.3, 0.4) is 0 Å². The van der Waals surface area contributed by atoms with E-state index in [9.17, 15) is 27.9 Å². The van der Waals surface area contributed by atoms with Crippen molar-refractivity contribution in [1.82, 2.24) is 9.47 Å². The second kappa shape index (κ2) is 11.5. The summed E-state index contributed by atoms with van der Waals surface area (Å²) in [6, 6.07) is 8.44. The molecule has 2 aliphatic heterocycles. The summed E-state index contributed by atoms with van der Waals surface area (Å²) in [7, 11) is 1.29. The van der Waals surface area contributed by atoms with Gasteiger partial charge in [-0.05, 0) is 74.2 Å². The number of carbonyl (C=O) groups excluding carboxylic acids is 1. The number of ether oxygens (including phenoxy) is 2. The van der Waals surface area contributed by atoms with Crippen LogP contribution in [0.5, 0.6) is 11.6 Å². The molecular weight excluding hydrogens is 585 g/mol. The van der Waals surface area contributed by atoms with Crippen LogP contribution in [0.4, 0.5) is 18.0 Å². The number of aromatic nitrogens is 1. The van der Waals surface area contributed by atoms with Gasteiger partial charge < -0.3 is 19.5 Å². The molecule has 1 amide bonds. The van der Waals surface area contributed by atoms with Crippen LogP contribution >= 0.6 is 11.3 Å². The molecule has 1 saturated heterocycles. The summed E-state index contributed by atoms with van der Waals surface area (Å²) < 4.78 is 54.2. The van der Waals surface area contributed by atoms with Crippen LogP contribution in [0, 0.1) is 0 Å². The predicted molar refractivity (Wildman–Crippen MR) is 155 cm³/mol. The molecule has 9 nitrogen and oxygen atoms in total. The van der Waals surface area contributed by atoms with Gasteiger partial charge in [0.2, 0.25) is 5.88 Å². The first-order valence-corrected chi connectivity index (χ1v) is 14.5. The lowest BCUT2D eigenvalue weighted by Gasteiger charge is -2.33. The molecule has 228 valence electrons. The Balaban J connectivity index is 1.55. The lowest BCUT2D eigenvalue weighted by Crippen LogP contribution is -2.42. The summed E-state index contributed by atoms with van der Waals surface area (Å²) in [5.74, 6) is -0.258. The van der Waals surface area contributed by atoms with Crippen molar-refractivity contribution < 1.29 is 32.5 Å². The lowest BCUT2D eigenvalue weighted by molar-refractivity contribution is -0.138. The number of nitrogens with zero attached hydrogens (tertiary/aromatic N) is 4. The third-order valence-electron chi connectivity index (χ3n) is 7.30. The number of fused-ring (bicyclic) bond motifs is 1. The number of piperidine rings is 1. The van der Waals surface area contributed by atoms with Gasteiger partial charge >= 0.3 is 17.1 Å². The number of likely N-dealkylation sites (tertiary alicyclic amines) is 1. The number of aromatic hydroxyl groups is 1. The van der Waals surface area contributed by atoms with Gasteiger partial charge in [0.1, 0.15) is 11.4 Å². The Morgan fingerprint density at radius 3 is 2.49 bits per heavy atom. The van der Waals surface area contributed by atoms with Crippen molar-refractivity contribution in [3.05, 3.63) is 78.2 Å². The van der Waals surface area contributed by atoms with Crippen molar-refractivity contribution in [3.8, 4) is 11.6 Å². The highest BCUT2D eigenvalue weighted by molar-refractivity contribution is 7.10. The zero-order valence-corrected chi connectivity index (χ0v) is 24.9. The van der Waals surface area contributed by atoms with Crippen molar-refractivity contribution in [2.24, 2.45) is 10.2 Å². The van der Waals surface area contributed by atoms with Crippen LogP contribution in [0.1, 0.15) is 61.2 Å². The number of rotatable bonds is 5. The Morgan fingerprint density at radius 1 is 1.12 bits per heavy atom. The average Bonchev–Trinajstić information content (AvgIpc) is 3.53. The van der Waals surface area contributed by atoms with E-state index in [1.165, 1.54) is 30.0 Å². The van der Waals surface area contributed by atoms with Crippen LogP contribution in [-0.4, -0.2) is 52.7 Å². The molecule has 0 atom stereocenters. The van der Waals surface area contributed by atoms with Gasteiger partial charge in [0.15, 0.2) is 0 Å². The fourth-order valence-corrected chi connectivity index (χ4v) is 6.24. The van der Waals surface area contributed by atoms with Crippen LogP contribution in [0.25, 0.3) is 5.57 Å². The maximum absolute atomic E-state index is 14.1. The number of thiazole rings is 1. The van der Waals surface area contributed by atoms with Gasteiger partial charge in [-0.3, -0.25) is 9.36 Å². The number of benzene rings is 2. The van der Waals surface area contributed by atoms with E-state index in [2.05, 4.69) is 10.2 Å². The van der Waals surface area contributed by atoms with Gasteiger partial charge in [-0.25, -0.2) is 4.79 Å². The molecule has 5 rings (SSSR count). The molecule has 2 aromatic carbocycles. The topological polar surface area (TPSA) is 106 Å². The van der Waals surface area contributed by atoms with E-state index in [-0.39, 0.29) is 28.5 Å². The summed E-state index contributed by atoms with van der Waals surface area (Å²) in [5.41, 5.74) is -0.544. The van der Waals surface area contributed by atoms with E-state index >= 15 is 0 Å². The Morgan fingerprint density at radius 2 is 1.84 bits per heavy atom. The van der Waals surface area contributed by atoms with Gasteiger partial charge in [-0.1, -0.05) is 23.5 Å². The monoisotopic (exact) mass is 616 g/mol. The SMILES string of the molecule is COc1ccc(CC(c2sc(=O)n(C3CCN(C(=O)OC(C)(C)C)CC3)c2O)=c2ccc3c(c2)C=NN=3)c(C(F)(F)F)c1. The zero-order chi connectivity index (χ0) is 31.1. The number of methoxy groups -OCH3 is 1. The Kier molecular flexibility index (Phi) is 8.12. The van der Waals surface area contributed by atoms with Gasteiger partial charge in [0.05, 0.1) is 29.1 Å². The number of hydrogen-bond donors (Lipinski definition) is 1. The maximum atomic E-state index is 14.1. The van der Waals surface area contributed by atoms with Gasteiger partial charge in [-0.2, -0.15) is 23.4 Å². The molecule has 1 aromatic heterocycles. The molecule has 3 aromatic rings. The van der Waals surface area contributed by atoms with Crippen LogP contribution in [0.15, 0.2) is 51.4 Å². The number of halogens is 3.